The second kappa shape index (κ2) is 15.2. The van der Waals surface area contributed by atoms with Crippen LogP contribution in [0.25, 0.3) is 22.3 Å². The maximum absolute atomic E-state index is 13.2. The summed E-state index contributed by atoms with van der Waals surface area (Å²) >= 11 is 0. The van der Waals surface area contributed by atoms with Crippen LogP contribution in [0.1, 0.15) is 149 Å². The summed E-state index contributed by atoms with van der Waals surface area (Å²) in [6.07, 6.45) is 0. The van der Waals surface area contributed by atoms with Crippen LogP contribution in [0, 0.1) is 0 Å². The zero-order chi connectivity index (χ0) is 42.6. The summed E-state index contributed by atoms with van der Waals surface area (Å²) in [7, 11) is 0. The largest absolute Gasteiger partial charge is 0.295 e. The summed E-state index contributed by atoms with van der Waals surface area (Å²) in [4.78, 5) is 76.6. The Kier molecular flexibility index (Phi) is 10.0. The average Bonchev–Trinajstić information content (AvgIpc) is 3.71. The lowest BCUT2D eigenvalue weighted by molar-refractivity contribution is 0.100. The van der Waals surface area contributed by atoms with Crippen molar-refractivity contribution in [1.29, 1.82) is 0 Å². The van der Waals surface area contributed by atoms with Gasteiger partial charge in [0.1, 0.15) is 0 Å². The van der Waals surface area contributed by atoms with Crippen molar-refractivity contribution in [3.63, 3.8) is 0 Å². The topological polar surface area (TPSA) is 102 Å². The van der Waals surface area contributed by atoms with Crippen molar-refractivity contribution in [2.45, 2.75) is 52.9 Å². The fourth-order valence-corrected chi connectivity index (χ4v) is 9.21. The number of hydrogen-bond donors (Lipinski definition) is 0. The first-order valence-corrected chi connectivity index (χ1v) is 19.9. The Morgan fingerprint density at radius 2 is 0.700 bits per heavy atom. The van der Waals surface area contributed by atoms with Gasteiger partial charge in [-0.05, 0) is 109 Å². The summed E-state index contributed by atoms with van der Waals surface area (Å²) < 4.78 is 0. The predicted molar refractivity (Wildman–Crippen MR) is 236 cm³/mol. The lowest BCUT2D eigenvalue weighted by Gasteiger charge is -2.39. The van der Waals surface area contributed by atoms with E-state index in [2.05, 4.69) is 0 Å². The number of ketones is 6. The third-order valence-electron chi connectivity index (χ3n) is 12.1. The third-order valence-corrected chi connectivity index (χ3v) is 12.1. The van der Waals surface area contributed by atoms with E-state index in [0.717, 1.165) is 61.2 Å². The molecule has 6 nitrogen and oxygen atoms in total. The number of benzene rings is 6. The minimum Gasteiger partial charge on any atom is -0.295 e. The minimum atomic E-state index is -1.06. The van der Waals surface area contributed by atoms with Crippen molar-refractivity contribution in [3.8, 4) is 0 Å². The molecule has 0 fully saturated rings. The first kappa shape index (κ1) is 39.6. The van der Waals surface area contributed by atoms with Gasteiger partial charge in [0.25, 0.3) is 0 Å². The summed E-state index contributed by atoms with van der Waals surface area (Å²) in [5.41, 5.74) is 12.0. The van der Waals surface area contributed by atoms with Gasteiger partial charge in [-0.3, -0.25) is 28.8 Å². The van der Waals surface area contributed by atoms with E-state index in [4.69, 9.17) is 0 Å². The van der Waals surface area contributed by atoms with Gasteiger partial charge in [-0.25, -0.2) is 0 Å². The van der Waals surface area contributed by atoms with Crippen molar-refractivity contribution in [1.82, 2.24) is 0 Å². The molecule has 0 spiro atoms. The molecule has 6 heteroatoms. The Labute approximate surface area is 349 Å². The highest BCUT2D eigenvalue weighted by Gasteiger charge is 2.59. The van der Waals surface area contributed by atoms with Crippen LogP contribution in [0.3, 0.4) is 0 Å². The maximum atomic E-state index is 13.2. The maximum Gasteiger partial charge on any atom is 0.159 e. The number of allylic oxidation sites excluding steroid dienone is 4. The van der Waals surface area contributed by atoms with Crippen LogP contribution in [0.15, 0.2) is 140 Å². The van der Waals surface area contributed by atoms with Gasteiger partial charge >= 0.3 is 0 Å². The Balaban J connectivity index is 1.63. The molecule has 2 atom stereocenters. The number of carbonyl (C=O) groups excluding carboxylic acids is 6. The number of rotatable bonds is 11. The standard InChI is InChI=1S/C54H42O6/c1-30(55)36-7-15-41(16-8-36)49-50(42-17-9-37(10-18-42)31(2)56)53-47-28-25-45(35(6)60)29-48(47)51(43-19-11-38(12-20-43)32(3)57)54(53,46-26-23-40(24-27-46)34(5)59)52(49)44-21-13-39(14-22-44)33(4)58/h7-29,51H,1-6H3/t51-,54+/m1/s1. The normalized spacial score (nSPS) is 16.7. The fraction of sp³-hybridized carbons (Fsp3) is 0.148. The van der Waals surface area contributed by atoms with E-state index < -0.39 is 11.3 Å². The van der Waals surface area contributed by atoms with E-state index in [1.165, 1.54) is 34.6 Å². The van der Waals surface area contributed by atoms with Crippen molar-refractivity contribution < 1.29 is 28.8 Å². The van der Waals surface area contributed by atoms with Crippen molar-refractivity contribution >= 4 is 57.0 Å². The van der Waals surface area contributed by atoms with Gasteiger partial charge in [0.15, 0.2) is 34.7 Å². The zero-order valence-corrected chi connectivity index (χ0v) is 34.3. The Bertz CT molecular complexity index is 2810. The van der Waals surface area contributed by atoms with E-state index in [0.29, 0.717) is 33.4 Å². The predicted octanol–water partition coefficient (Wildman–Crippen LogP) is 11.5. The molecule has 0 saturated carbocycles. The molecule has 0 unspecified atom stereocenters. The van der Waals surface area contributed by atoms with Crippen molar-refractivity contribution in [3.05, 3.63) is 212 Å². The van der Waals surface area contributed by atoms with E-state index >= 15 is 0 Å². The van der Waals surface area contributed by atoms with Gasteiger partial charge < -0.3 is 0 Å². The molecular formula is C54H42O6. The molecule has 60 heavy (non-hydrogen) atoms. The third kappa shape index (κ3) is 6.45. The molecule has 0 aromatic heterocycles. The number of carbonyl (C=O) groups is 6. The van der Waals surface area contributed by atoms with E-state index in [9.17, 15) is 28.8 Å². The zero-order valence-electron chi connectivity index (χ0n) is 34.3. The van der Waals surface area contributed by atoms with Gasteiger partial charge in [0, 0.05) is 39.3 Å². The van der Waals surface area contributed by atoms with Gasteiger partial charge in [-0.15, -0.1) is 0 Å². The molecule has 0 amide bonds. The number of fused-ring (bicyclic) bond motifs is 3. The van der Waals surface area contributed by atoms with Crippen LogP contribution in [0.4, 0.5) is 0 Å². The van der Waals surface area contributed by atoms with E-state index in [-0.39, 0.29) is 34.7 Å². The molecule has 6 aromatic rings. The lowest BCUT2D eigenvalue weighted by Crippen LogP contribution is -2.32. The fourth-order valence-electron chi connectivity index (χ4n) is 9.21. The van der Waals surface area contributed by atoms with Gasteiger partial charge in [0.2, 0.25) is 0 Å². The molecule has 0 aliphatic heterocycles. The smallest absolute Gasteiger partial charge is 0.159 e. The Morgan fingerprint density at radius 3 is 1.10 bits per heavy atom. The molecule has 294 valence electrons. The summed E-state index contributed by atoms with van der Waals surface area (Å²) in [5.74, 6) is -0.929. The monoisotopic (exact) mass is 786 g/mol. The van der Waals surface area contributed by atoms with Crippen LogP contribution in [-0.2, 0) is 5.41 Å². The SMILES string of the molecule is CC(=O)c1ccc(C2=C(c3ccc(C(C)=O)cc3)[C@@]3(c4ccc(C(C)=O)cc4)C(=C2c2ccc(C(C)=O)cc2)c2ccc(C(C)=O)cc2[C@H]3c2ccc(C(C)=O)cc2)cc1. The first-order chi connectivity index (χ1) is 28.7. The Hall–Kier alpha value is -7.18. The van der Waals surface area contributed by atoms with Crippen LogP contribution >= 0.6 is 0 Å². The summed E-state index contributed by atoms with van der Waals surface area (Å²) in [5, 5.41) is 0. The highest BCUT2D eigenvalue weighted by atomic mass is 16.1. The van der Waals surface area contributed by atoms with Crippen LogP contribution in [0.5, 0.6) is 0 Å². The lowest BCUT2D eigenvalue weighted by atomic mass is 9.61. The first-order valence-electron chi connectivity index (χ1n) is 19.9. The highest BCUT2D eigenvalue weighted by molar-refractivity contribution is 6.33. The van der Waals surface area contributed by atoms with Gasteiger partial charge in [-0.1, -0.05) is 133 Å². The van der Waals surface area contributed by atoms with Crippen LogP contribution in [-0.4, -0.2) is 34.7 Å². The molecule has 0 saturated heterocycles. The summed E-state index contributed by atoms with van der Waals surface area (Å²) in [6, 6.07) is 44.0. The number of hydrogen-bond acceptors (Lipinski definition) is 6. The molecule has 0 radical (unpaired) electrons. The Morgan fingerprint density at radius 1 is 0.367 bits per heavy atom. The average molecular weight is 787 g/mol. The summed E-state index contributed by atoms with van der Waals surface area (Å²) in [6.45, 7) is 9.23. The second-order valence-electron chi connectivity index (χ2n) is 15.8. The second-order valence-corrected chi connectivity index (χ2v) is 15.8. The molecule has 6 aromatic carbocycles. The molecule has 2 aliphatic rings. The molecular weight excluding hydrogens is 745 g/mol. The van der Waals surface area contributed by atoms with E-state index in [1.54, 1.807) is 6.92 Å². The van der Waals surface area contributed by atoms with Crippen molar-refractivity contribution in [2.75, 3.05) is 0 Å². The molecule has 8 rings (SSSR count). The molecule has 0 heterocycles. The molecule has 0 N–H and O–H groups in total. The molecule has 0 bridgehead atoms. The quantitative estimate of drug-likeness (QED) is 0.121. The van der Waals surface area contributed by atoms with Crippen LogP contribution < -0.4 is 0 Å². The molecule has 2 aliphatic carbocycles. The highest BCUT2D eigenvalue weighted by Crippen LogP contribution is 2.72. The minimum absolute atomic E-state index is 0.0654. The van der Waals surface area contributed by atoms with Gasteiger partial charge in [0.05, 0.1) is 5.41 Å². The van der Waals surface area contributed by atoms with Crippen molar-refractivity contribution in [2.24, 2.45) is 0 Å². The van der Waals surface area contributed by atoms with Crippen LogP contribution in [0.2, 0.25) is 0 Å². The van der Waals surface area contributed by atoms with Gasteiger partial charge in [-0.2, -0.15) is 0 Å². The number of Topliss-reactive ketones (excluding diaryl/α,β-unsaturated/α-hetero) is 6. The van der Waals surface area contributed by atoms with E-state index in [1.807, 2.05) is 140 Å².